The Bertz CT molecular complexity index is 980. The summed E-state index contributed by atoms with van der Waals surface area (Å²) in [5.74, 6) is 0.120. The van der Waals surface area contributed by atoms with E-state index in [0.29, 0.717) is 22.4 Å². The summed E-state index contributed by atoms with van der Waals surface area (Å²) in [6, 6.07) is 9.38. The van der Waals surface area contributed by atoms with Gasteiger partial charge in [-0.05, 0) is 103 Å². The fourth-order valence-corrected chi connectivity index (χ4v) is 3.58. The molecular weight excluding hydrogens is 408 g/mol. The second kappa shape index (κ2) is 10.2. The van der Waals surface area contributed by atoms with E-state index in [1.54, 1.807) is 23.9 Å². The number of rotatable bonds is 7. The van der Waals surface area contributed by atoms with Crippen LogP contribution in [0, 0.1) is 13.8 Å². The summed E-state index contributed by atoms with van der Waals surface area (Å²) in [6.45, 7) is 13.1. The summed E-state index contributed by atoms with van der Waals surface area (Å²) in [7, 11) is 0. The number of carbonyl (C=O) groups is 2. The molecule has 4 nitrogen and oxygen atoms in total. The van der Waals surface area contributed by atoms with E-state index in [1.807, 2.05) is 85.1 Å². The quantitative estimate of drug-likeness (QED) is 0.208. The van der Waals surface area contributed by atoms with Gasteiger partial charge in [-0.25, -0.2) is 4.79 Å². The van der Waals surface area contributed by atoms with Crippen LogP contribution >= 0.6 is 11.8 Å². The predicted molar refractivity (Wildman–Crippen MR) is 128 cm³/mol. The molecule has 0 spiro atoms. The first-order valence-electron chi connectivity index (χ1n) is 10.3. The van der Waals surface area contributed by atoms with Crippen LogP contribution in [-0.2, 0) is 4.74 Å². The number of esters is 1. The smallest absolute Gasteiger partial charge is 0.339 e. The molecule has 0 aromatic heterocycles. The molecule has 0 saturated heterocycles. The second-order valence-electron chi connectivity index (χ2n) is 8.71. The van der Waals surface area contributed by atoms with E-state index in [0.717, 1.165) is 16.0 Å². The van der Waals surface area contributed by atoms with Crippen LogP contribution in [0.15, 0.2) is 41.3 Å². The first kappa shape index (κ1) is 24.7. The van der Waals surface area contributed by atoms with E-state index < -0.39 is 5.60 Å². The van der Waals surface area contributed by atoms with Crippen molar-refractivity contribution in [3.05, 3.63) is 64.2 Å². The van der Waals surface area contributed by atoms with Crippen LogP contribution in [0.5, 0.6) is 5.75 Å². The third kappa shape index (κ3) is 6.73. The van der Waals surface area contributed by atoms with Crippen molar-refractivity contribution in [3.63, 3.8) is 0 Å². The number of benzene rings is 2. The fourth-order valence-electron chi connectivity index (χ4n) is 3.17. The maximum Gasteiger partial charge on any atom is 0.339 e. The Kier molecular flexibility index (Phi) is 8.13. The lowest BCUT2D eigenvalue weighted by Crippen LogP contribution is -2.25. The molecule has 0 atom stereocenters. The van der Waals surface area contributed by atoms with Gasteiger partial charge < -0.3 is 9.47 Å². The third-order valence-electron chi connectivity index (χ3n) is 4.49. The average molecular weight is 441 g/mol. The van der Waals surface area contributed by atoms with Crippen LogP contribution in [0.1, 0.15) is 72.0 Å². The van der Waals surface area contributed by atoms with Gasteiger partial charge >= 0.3 is 5.97 Å². The predicted octanol–water partition coefficient (Wildman–Crippen LogP) is 6.66. The van der Waals surface area contributed by atoms with Crippen LogP contribution < -0.4 is 4.74 Å². The number of aryl methyl sites for hydroxylation is 1. The van der Waals surface area contributed by atoms with Crippen molar-refractivity contribution in [3.8, 4) is 5.75 Å². The first-order valence-corrected chi connectivity index (χ1v) is 11.6. The van der Waals surface area contributed by atoms with Gasteiger partial charge in [-0.15, -0.1) is 11.8 Å². The van der Waals surface area contributed by atoms with Crippen molar-refractivity contribution in [2.45, 2.75) is 65.1 Å². The number of ether oxygens (including phenoxy) is 2. The van der Waals surface area contributed by atoms with Gasteiger partial charge in [-0.1, -0.05) is 0 Å². The molecule has 31 heavy (non-hydrogen) atoms. The molecular formula is C26H32O4S. The highest BCUT2D eigenvalue weighted by atomic mass is 32.2. The van der Waals surface area contributed by atoms with Gasteiger partial charge in [0.2, 0.25) is 0 Å². The first-order chi connectivity index (χ1) is 14.4. The van der Waals surface area contributed by atoms with Gasteiger partial charge in [-0.3, -0.25) is 4.79 Å². The van der Waals surface area contributed by atoms with Crippen molar-refractivity contribution in [1.29, 1.82) is 0 Å². The number of hydrogen-bond acceptors (Lipinski definition) is 5. The maximum absolute atomic E-state index is 12.8. The topological polar surface area (TPSA) is 52.6 Å². The van der Waals surface area contributed by atoms with Crippen molar-refractivity contribution < 1.29 is 19.1 Å². The van der Waals surface area contributed by atoms with E-state index in [-0.39, 0.29) is 17.9 Å². The normalized spacial score (nSPS) is 11.8. The zero-order valence-corrected chi connectivity index (χ0v) is 20.5. The summed E-state index contributed by atoms with van der Waals surface area (Å²) in [6.07, 6.45) is 5.21. The Morgan fingerprint density at radius 1 is 1.06 bits per heavy atom. The van der Waals surface area contributed by atoms with E-state index >= 15 is 0 Å². The van der Waals surface area contributed by atoms with E-state index in [1.165, 1.54) is 0 Å². The van der Waals surface area contributed by atoms with Gasteiger partial charge in [0.15, 0.2) is 5.78 Å². The lowest BCUT2D eigenvalue weighted by Gasteiger charge is -2.23. The van der Waals surface area contributed by atoms with E-state index in [9.17, 15) is 9.59 Å². The lowest BCUT2D eigenvalue weighted by molar-refractivity contribution is 0.00671. The molecule has 0 radical (unpaired) electrons. The maximum atomic E-state index is 12.8. The highest BCUT2D eigenvalue weighted by molar-refractivity contribution is 7.98. The number of carbonyl (C=O) groups excluding carboxylic acids is 2. The Morgan fingerprint density at radius 3 is 2.19 bits per heavy atom. The van der Waals surface area contributed by atoms with Crippen LogP contribution in [0.4, 0.5) is 0 Å². The largest absolute Gasteiger partial charge is 0.490 e. The molecule has 0 N–H and O–H groups in total. The van der Waals surface area contributed by atoms with Crippen molar-refractivity contribution >= 4 is 29.6 Å². The molecule has 0 aliphatic carbocycles. The Balaban J connectivity index is 2.45. The zero-order valence-electron chi connectivity index (χ0n) is 19.7. The third-order valence-corrected chi connectivity index (χ3v) is 5.23. The molecule has 0 aliphatic heterocycles. The van der Waals surface area contributed by atoms with Crippen LogP contribution in [0.2, 0.25) is 0 Å². The average Bonchev–Trinajstić information content (AvgIpc) is 2.67. The summed E-state index contributed by atoms with van der Waals surface area (Å²) < 4.78 is 11.6. The number of hydrogen-bond donors (Lipinski definition) is 0. The summed E-state index contributed by atoms with van der Waals surface area (Å²) in [5.41, 5.74) is 2.77. The molecule has 0 heterocycles. The molecule has 2 aromatic carbocycles. The van der Waals surface area contributed by atoms with Gasteiger partial charge in [-0.2, -0.15) is 0 Å². The van der Waals surface area contributed by atoms with Gasteiger partial charge in [0, 0.05) is 21.6 Å². The number of allylic oxidation sites excluding steroid dienone is 1. The Morgan fingerprint density at radius 2 is 1.68 bits per heavy atom. The minimum Gasteiger partial charge on any atom is -0.490 e. The Labute approximate surface area is 190 Å². The second-order valence-corrected chi connectivity index (χ2v) is 9.59. The molecule has 0 saturated carbocycles. The van der Waals surface area contributed by atoms with Crippen LogP contribution in [0.3, 0.4) is 0 Å². The molecule has 0 amide bonds. The highest BCUT2D eigenvalue weighted by Crippen LogP contribution is 2.33. The molecule has 0 bridgehead atoms. The van der Waals surface area contributed by atoms with Gasteiger partial charge in [0.05, 0.1) is 11.7 Å². The standard InChI is InChI=1S/C26H32O4S/c1-16(2)29-24-18(4)23(25(28)30-26(5,6)7)17(3)15-20(24)11-14-22(27)19-9-12-21(31-8)13-10-19/h9-16H,1-8H3. The minimum atomic E-state index is -0.591. The Hall–Kier alpha value is -2.53. The van der Waals surface area contributed by atoms with Crippen LogP contribution in [-0.4, -0.2) is 29.7 Å². The SMILES string of the molecule is CSc1ccc(C(=O)C=Cc2cc(C)c(C(=O)OC(C)(C)C)c(C)c2OC(C)C)cc1. The van der Waals surface area contributed by atoms with E-state index in [2.05, 4.69) is 0 Å². The fraction of sp³-hybridized carbons (Fsp3) is 0.385. The zero-order chi connectivity index (χ0) is 23.3. The lowest BCUT2D eigenvalue weighted by atomic mass is 9.96. The molecule has 0 unspecified atom stereocenters. The van der Waals surface area contributed by atoms with Crippen molar-refractivity contribution in [1.82, 2.24) is 0 Å². The van der Waals surface area contributed by atoms with Crippen molar-refractivity contribution in [2.24, 2.45) is 0 Å². The number of thioether (sulfide) groups is 1. The van der Waals surface area contributed by atoms with Gasteiger partial charge in [0.25, 0.3) is 0 Å². The molecule has 2 rings (SSSR count). The molecule has 2 aromatic rings. The van der Waals surface area contributed by atoms with E-state index in [4.69, 9.17) is 9.47 Å². The molecule has 0 aliphatic rings. The highest BCUT2D eigenvalue weighted by Gasteiger charge is 2.24. The molecule has 5 heteroatoms. The monoisotopic (exact) mass is 440 g/mol. The summed E-state index contributed by atoms with van der Waals surface area (Å²) in [4.78, 5) is 26.6. The summed E-state index contributed by atoms with van der Waals surface area (Å²) >= 11 is 1.63. The molecule has 166 valence electrons. The van der Waals surface area contributed by atoms with Gasteiger partial charge in [0.1, 0.15) is 11.4 Å². The summed E-state index contributed by atoms with van der Waals surface area (Å²) in [5, 5.41) is 0. The van der Waals surface area contributed by atoms with Crippen LogP contribution in [0.25, 0.3) is 6.08 Å². The number of ketones is 1. The van der Waals surface area contributed by atoms with Crippen molar-refractivity contribution in [2.75, 3.05) is 6.26 Å². The minimum absolute atomic E-state index is 0.0881. The molecule has 0 fully saturated rings.